The van der Waals surface area contributed by atoms with Gasteiger partial charge in [-0.25, -0.2) is 0 Å². The molecule has 1 amide bonds. The Hall–Kier alpha value is -1.46. The molecule has 0 aliphatic carbocycles. The number of amides is 1. The van der Waals surface area contributed by atoms with E-state index in [1.54, 1.807) is 0 Å². The van der Waals surface area contributed by atoms with Gasteiger partial charge in [0.25, 0.3) is 5.91 Å². The molecule has 1 saturated heterocycles. The van der Waals surface area contributed by atoms with E-state index in [-0.39, 0.29) is 5.91 Å². The zero-order valence-electron chi connectivity index (χ0n) is 12.0. The van der Waals surface area contributed by atoms with Crippen molar-refractivity contribution < 1.29 is 4.79 Å². The van der Waals surface area contributed by atoms with Crippen LogP contribution in [0.4, 0.5) is 0 Å². The van der Waals surface area contributed by atoms with Gasteiger partial charge in [-0.3, -0.25) is 9.78 Å². The van der Waals surface area contributed by atoms with Crippen LogP contribution in [0.2, 0.25) is 0 Å². The first-order chi connectivity index (χ1) is 10.1. The topological polar surface area (TPSA) is 59.2 Å². The van der Waals surface area contributed by atoms with Crippen LogP contribution < -0.4 is 5.73 Å². The summed E-state index contributed by atoms with van der Waals surface area (Å²) in [5, 5.41) is 0.907. The fraction of sp³-hybridized carbons (Fsp3) is 0.375. The highest BCUT2D eigenvalue weighted by atomic mass is 79.9. The Balaban J connectivity index is 2.01. The monoisotopic (exact) mass is 347 g/mol. The molecule has 2 N–H and O–H groups in total. The second-order valence-corrected chi connectivity index (χ2v) is 6.53. The van der Waals surface area contributed by atoms with Crippen LogP contribution in [0.5, 0.6) is 0 Å². The first-order valence-corrected chi connectivity index (χ1v) is 7.94. The van der Waals surface area contributed by atoms with Crippen LogP contribution in [0.3, 0.4) is 0 Å². The Bertz CT molecular complexity index is 696. The highest BCUT2D eigenvalue weighted by molar-refractivity contribution is 9.10. The normalized spacial score (nSPS) is 18.4. The molecule has 1 fully saturated rings. The van der Waals surface area contributed by atoms with Gasteiger partial charge in [0.1, 0.15) is 0 Å². The zero-order chi connectivity index (χ0) is 15.0. The van der Waals surface area contributed by atoms with Crippen molar-refractivity contribution in [3.63, 3.8) is 0 Å². The fourth-order valence-electron chi connectivity index (χ4n) is 2.89. The number of carbonyl (C=O) groups is 1. The molecular formula is C16H18BrN3O. The van der Waals surface area contributed by atoms with E-state index in [0.717, 1.165) is 46.1 Å². The zero-order valence-corrected chi connectivity index (χ0v) is 13.6. The van der Waals surface area contributed by atoms with Crippen LogP contribution >= 0.6 is 15.9 Å². The summed E-state index contributed by atoms with van der Waals surface area (Å²) in [6.45, 7) is 4.12. The Kier molecular flexibility index (Phi) is 3.95. The molecule has 1 aliphatic rings. The van der Waals surface area contributed by atoms with Crippen LogP contribution in [-0.4, -0.2) is 35.4 Å². The third-order valence-electron chi connectivity index (χ3n) is 4.04. The van der Waals surface area contributed by atoms with Gasteiger partial charge in [0, 0.05) is 28.6 Å². The molecule has 21 heavy (non-hydrogen) atoms. The number of halogens is 1. The van der Waals surface area contributed by atoms with Crippen LogP contribution in [0.25, 0.3) is 10.9 Å². The molecule has 1 aliphatic heterocycles. The van der Waals surface area contributed by atoms with Crippen LogP contribution in [-0.2, 0) is 0 Å². The standard InChI is InChI=1S/C16H18BrN3O/c1-10-6-14(13-3-2-12(17)7-15(13)19-10)16(21)20-5-4-11(8-18)9-20/h2-3,6-7,11H,4-5,8-9,18H2,1H3/t11-/m1/s1. The van der Waals surface area contributed by atoms with Gasteiger partial charge in [0.15, 0.2) is 0 Å². The molecule has 1 aromatic heterocycles. The lowest BCUT2D eigenvalue weighted by Crippen LogP contribution is -2.30. The highest BCUT2D eigenvalue weighted by Gasteiger charge is 2.27. The lowest BCUT2D eigenvalue weighted by Gasteiger charge is -2.18. The molecule has 3 rings (SSSR count). The summed E-state index contributed by atoms with van der Waals surface area (Å²) in [5.74, 6) is 0.515. The minimum absolute atomic E-state index is 0.0868. The molecule has 2 heterocycles. The number of hydrogen-bond donors (Lipinski definition) is 1. The van der Waals surface area contributed by atoms with Crippen molar-refractivity contribution in [1.29, 1.82) is 0 Å². The van der Waals surface area contributed by atoms with E-state index >= 15 is 0 Å². The summed E-state index contributed by atoms with van der Waals surface area (Å²) in [6.07, 6.45) is 0.996. The smallest absolute Gasteiger partial charge is 0.254 e. The van der Waals surface area contributed by atoms with Crippen molar-refractivity contribution in [1.82, 2.24) is 9.88 Å². The fourth-order valence-corrected chi connectivity index (χ4v) is 3.24. The van der Waals surface area contributed by atoms with Gasteiger partial charge < -0.3 is 10.6 Å². The van der Waals surface area contributed by atoms with Crippen molar-refractivity contribution in [2.24, 2.45) is 11.7 Å². The second-order valence-electron chi connectivity index (χ2n) is 5.61. The number of aryl methyl sites for hydroxylation is 1. The molecule has 0 unspecified atom stereocenters. The van der Waals surface area contributed by atoms with E-state index in [1.165, 1.54) is 0 Å². The second kappa shape index (κ2) is 5.73. The van der Waals surface area contributed by atoms with Gasteiger partial charge >= 0.3 is 0 Å². The number of pyridine rings is 1. The molecule has 2 aromatic rings. The largest absolute Gasteiger partial charge is 0.338 e. The van der Waals surface area contributed by atoms with Crippen LogP contribution in [0.15, 0.2) is 28.7 Å². The van der Waals surface area contributed by atoms with Gasteiger partial charge in [0.05, 0.1) is 11.1 Å². The number of benzene rings is 1. The maximum atomic E-state index is 12.8. The number of nitrogens with two attached hydrogens (primary N) is 1. The van der Waals surface area contributed by atoms with E-state index in [1.807, 2.05) is 36.1 Å². The minimum atomic E-state index is 0.0868. The summed E-state index contributed by atoms with van der Waals surface area (Å²) < 4.78 is 0.968. The molecule has 4 nitrogen and oxygen atoms in total. The van der Waals surface area contributed by atoms with Gasteiger partial charge in [-0.2, -0.15) is 0 Å². The van der Waals surface area contributed by atoms with Gasteiger partial charge in [-0.15, -0.1) is 0 Å². The molecule has 1 aromatic carbocycles. The van der Waals surface area contributed by atoms with E-state index in [0.29, 0.717) is 12.5 Å². The Morgan fingerprint density at radius 3 is 3.00 bits per heavy atom. The lowest BCUT2D eigenvalue weighted by atomic mass is 10.1. The summed E-state index contributed by atoms with van der Waals surface area (Å²) in [4.78, 5) is 19.2. The third-order valence-corrected chi connectivity index (χ3v) is 4.53. The van der Waals surface area contributed by atoms with Gasteiger partial charge in [-0.05, 0) is 44.0 Å². The summed E-state index contributed by atoms with van der Waals surface area (Å²) in [6, 6.07) is 7.73. The lowest BCUT2D eigenvalue weighted by molar-refractivity contribution is 0.0789. The molecule has 110 valence electrons. The average Bonchev–Trinajstić information content (AvgIpc) is 2.94. The molecular weight excluding hydrogens is 330 g/mol. The molecule has 0 saturated carbocycles. The molecule has 0 radical (unpaired) electrons. The van der Waals surface area contributed by atoms with Crippen molar-refractivity contribution in [3.8, 4) is 0 Å². The predicted molar refractivity (Wildman–Crippen MR) is 87.2 cm³/mol. The first-order valence-electron chi connectivity index (χ1n) is 7.14. The first kappa shape index (κ1) is 14.5. The maximum absolute atomic E-state index is 12.8. The summed E-state index contributed by atoms with van der Waals surface area (Å²) in [5.41, 5.74) is 8.16. The van der Waals surface area contributed by atoms with Crippen molar-refractivity contribution in [2.45, 2.75) is 13.3 Å². The minimum Gasteiger partial charge on any atom is -0.338 e. The SMILES string of the molecule is Cc1cc(C(=O)N2CC[C@H](CN)C2)c2ccc(Br)cc2n1. The number of carbonyl (C=O) groups excluding carboxylic acids is 1. The molecule has 5 heteroatoms. The highest BCUT2D eigenvalue weighted by Crippen LogP contribution is 2.25. The van der Waals surface area contributed by atoms with Crippen molar-refractivity contribution in [2.75, 3.05) is 19.6 Å². The number of rotatable bonds is 2. The Morgan fingerprint density at radius 2 is 2.29 bits per heavy atom. The predicted octanol–water partition coefficient (Wildman–Crippen LogP) is 2.73. The Morgan fingerprint density at radius 1 is 1.48 bits per heavy atom. The van der Waals surface area contributed by atoms with Crippen molar-refractivity contribution in [3.05, 3.63) is 40.0 Å². The van der Waals surface area contributed by atoms with E-state index in [4.69, 9.17) is 5.73 Å². The maximum Gasteiger partial charge on any atom is 0.254 e. The molecule has 1 atom stereocenters. The van der Waals surface area contributed by atoms with E-state index in [2.05, 4.69) is 20.9 Å². The van der Waals surface area contributed by atoms with Crippen LogP contribution in [0.1, 0.15) is 22.5 Å². The Labute approximate surface area is 132 Å². The van der Waals surface area contributed by atoms with E-state index in [9.17, 15) is 4.79 Å². The van der Waals surface area contributed by atoms with Crippen molar-refractivity contribution >= 4 is 32.7 Å². The quantitative estimate of drug-likeness (QED) is 0.908. The number of nitrogens with zero attached hydrogens (tertiary/aromatic N) is 2. The average molecular weight is 348 g/mol. The van der Waals surface area contributed by atoms with Gasteiger partial charge in [0.2, 0.25) is 0 Å². The summed E-state index contributed by atoms with van der Waals surface area (Å²) in [7, 11) is 0. The summed E-state index contributed by atoms with van der Waals surface area (Å²) >= 11 is 3.45. The number of aromatic nitrogens is 1. The third kappa shape index (κ3) is 2.80. The van der Waals surface area contributed by atoms with Crippen LogP contribution in [0, 0.1) is 12.8 Å². The molecule has 0 spiro atoms. The van der Waals surface area contributed by atoms with E-state index < -0.39 is 0 Å². The number of hydrogen-bond acceptors (Lipinski definition) is 3. The number of likely N-dealkylation sites (tertiary alicyclic amines) is 1. The molecule has 0 bridgehead atoms. The number of fused-ring (bicyclic) bond motifs is 1. The van der Waals surface area contributed by atoms with Gasteiger partial charge in [-0.1, -0.05) is 22.0 Å².